The number of phenolic OH excluding ortho intramolecular Hbond substituents is 1. The van der Waals surface area contributed by atoms with Gasteiger partial charge in [-0.3, -0.25) is 14.5 Å². The summed E-state index contributed by atoms with van der Waals surface area (Å²) in [5, 5.41) is 36.9. The molecule has 5 rings (SSSR count). The Balaban J connectivity index is 1.33. The van der Waals surface area contributed by atoms with E-state index in [1.165, 1.54) is 64.6 Å². The van der Waals surface area contributed by atoms with Gasteiger partial charge >= 0.3 is 11.9 Å². The Labute approximate surface area is 240 Å². The maximum absolute atomic E-state index is 13.3. The number of hydrogen-bond acceptors (Lipinski definition) is 12. The first-order chi connectivity index (χ1) is 19.7. The first-order valence-electron chi connectivity index (χ1n) is 11.9. The van der Waals surface area contributed by atoms with E-state index in [9.17, 15) is 29.4 Å². The number of carboxylic acid groups (broad SMARTS) is 1. The van der Waals surface area contributed by atoms with Crippen molar-refractivity contribution in [2.45, 2.75) is 16.6 Å². The first kappa shape index (κ1) is 27.9. The average molecular weight is 596 g/mol. The van der Waals surface area contributed by atoms with Crippen LogP contribution in [0.5, 0.6) is 5.75 Å². The van der Waals surface area contributed by atoms with Crippen molar-refractivity contribution in [3.05, 3.63) is 77.0 Å². The number of oxime groups is 1. The molecule has 3 heterocycles. The highest BCUT2D eigenvalue weighted by Gasteiger charge is 2.54. The van der Waals surface area contributed by atoms with Gasteiger partial charge in [-0.2, -0.15) is 0 Å². The van der Waals surface area contributed by atoms with Gasteiger partial charge in [-0.1, -0.05) is 35.1 Å². The Morgan fingerprint density at radius 3 is 2.54 bits per heavy atom. The zero-order valence-corrected chi connectivity index (χ0v) is 22.8. The standard InChI is InChI=1S/C25H21N7O7S2/c1-31-25(27-29-30-31)41-12-15-11-40-22-18(21(35)32(22)19(15)23(36)37)26-20(34)17(13-7-9-16(33)10-8-13)28-39-24(38)14-5-3-2-4-6-14/h2-10,18,22,33H,11-12H2,1H3,(H,26,34)(H,36,37)/t18?,22-/m0/s1. The number of carbonyl (C=O) groups is 4. The fourth-order valence-corrected chi connectivity index (χ4v) is 6.39. The van der Waals surface area contributed by atoms with E-state index in [1.54, 1.807) is 25.2 Å². The number of aromatic nitrogens is 4. The summed E-state index contributed by atoms with van der Waals surface area (Å²) >= 11 is 2.54. The number of benzene rings is 2. The SMILES string of the molecule is Cn1nnnc1SCC1=C(C(=O)O)N2C(=O)C(NC(=O)C(=NOC(=O)c3ccccc3)c3ccc(O)cc3)[C@@H]2SC1. The number of aryl methyl sites for hydroxylation is 1. The van der Waals surface area contributed by atoms with Crippen LogP contribution in [0.3, 0.4) is 0 Å². The highest BCUT2D eigenvalue weighted by Crippen LogP contribution is 2.41. The second kappa shape index (κ2) is 11.8. The predicted octanol–water partition coefficient (Wildman–Crippen LogP) is 1.01. The number of β-lactam (4-membered cyclic amide) rings is 1. The largest absolute Gasteiger partial charge is 0.508 e. The number of fused-ring (bicyclic) bond motifs is 1. The third-order valence-corrected chi connectivity index (χ3v) is 8.51. The van der Waals surface area contributed by atoms with E-state index < -0.39 is 35.2 Å². The molecule has 3 N–H and O–H groups in total. The number of phenols is 1. The molecule has 1 fully saturated rings. The maximum atomic E-state index is 13.3. The topological polar surface area (TPSA) is 189 Å². The van der Waals surface area contributed by atoms with Crippen molar-refractivity contribution in [2.75, 3.05) is 11.5 Å². The van der Waals surface area contributed by atoms with Crippen LogP contribution in [0.25, 0.3) is 0 Å². The van der Waals surface area contributed by atoms with Crippen LogP contribution < -0.4 is 5.32 Å². The van der Waals surface area contributed by atoms with E-state index >= 15 is 0 Å². The van der Waals surface area contributed by atoms with Crippen LogP contribution >= 0.6 is 23.5 Å². The summed E-state index contributed by atoms with van der Waals surface area (Å²) in [4.78, 5) is 57.2. The molecule has 2 amide bonds. The van der Waals surface area contributed by atoms with E-state index in [1.807, 2.05) is 0 Å². The molecule has 0 radical (unpaired) electrons. The van der Waals surface area contributed by atoms with Crippen molar-refractivity contribution < 1.29 is 34.2 Å². The fourth-order valence-electron chi connectivity index (χ4n) is 4.06. The summed E-state index contributed by atoms with van der Waals surface area (Å²) in [5.74, 6) is -3.01. The number of nitrogens with zero attached hydrogens (tertiary/aromatic N) is 6. The lowest BCUT2D eigenvalue weighted by Gasteiger charge is -2.49. The van der Waals surface area contributed by atoms with Crippen LogP contribution in [0.2, 0.25) is 0 Å². The molecule has 0 aliphatic carbocycles. The molecule has 2 aliphatic heterocycles. The number of hydrogen-bond donors (Lipinski definition) is 3. The fraction of sp³-hybridized carbons (Fsp3) is 0.200. The average Bonchev–Trinajstić information content (AvgIpc) is 3.39. The van der Waals surface area contributed by atoms with Crippen molar-refractivity contribution in [2.24, 2.45) is 12.2 Å². The van der Waals surface area contributed by atoms with Crippen LogP contribution in [0, 0.1) is 0 Å². The third kappa shape index (κ3) is 5.78. The molecule has 14 nitrogen and oxygen atoms in total. The second-order valence-corrected chi connectivity index (χ2v) is 10.8. The van der Waals surface area contributed by atoms with E-state index in [0.717, 1.165) is 4.90 Å². The number of aliphatic carboxylic acids is 1. The monoisotopic (exact) mass is 595 g/mol. The molecule has 1 aromatic heterocycles. The van der Waals surface area contributed by atoms with Crippen molar-refractivity contribution in [3.63, 3.8) is 0 Å². The van der Waals surface area contributed by atoms with Crippen LogP contribution in [0.4, 0.5) is 0 Å². The number of aromatic hydroxyl groups is 1. The van der Waals surface area contributed by atoms with Crippen LogP contribution in [-0.2, 0) is 26.3 Å². The van der Waals surface area contributed by atoms with Gasteiger partial charge in [0.1, 0.15) is 22.9 Å². The highest BCUT2D eigenvalue weighted by molar-refractivity contribution is 8.01. The maximum Gasteiger partial charge on any atom is 0.365 e. The molecule has 16 heteroatoms. The van der Waals surface area contributed by atoms with E-state index in [-0.39, 0.29) is 34.0 Å². The lowest BCUT2D eigenvalue weighted by molar-refractivity contribution is -0.150. The van der Waals surface area contributed by atoms with Gasteiger partial charge < -0.3 is 20.4 Å². The smallest absolute Gasteiger partial charge is 0.365 e. The zero-order valence-electron chi connectivity index (χ0n) is 21.2. The summed E-state index contributed by atoms with van der Waals surface area (Å²) in [6, 6.07) is 12.4. The van der Waals surface area contributed by atoms with E-state index in [4.69, 9.17) is 4.84 Å². The zero-order chi connectivity index (χ0) is 29.1. The molecule has 0 saturated carbocycles. The molecule has 2 aromatic carbocycles. The number of thioether (sulfide) groups is 2. The number of rotatable bonds is 9. The van der Waals surface area contributed by atoms with Crippen molar-refractivity contribution >= 4 is 53.0 Å². The number of nitrogens with one attached hydrogen (secondary N) is 1. The van der Waals surface area contributed by atoms with Gasteiger partial charge in [0, 0.05) is 24.1 Å². The minimum absolute atomic E-state index is 0.0596. The minimum atomic E-state index is -1.26. The van der Waals surface area contributed by atoms with E-state index in [0.29, 0.717) is 16.5 Å². The van der Waals surface area contributed by atoms with Gasteiger partial charge in [0.2, 0.25) is 5.16 Å². The molecule has 2 aliphatic rings. The summed E-state index contributed by atoms with van der Waals surface area (Å²) < 4.78 is 1.45. The Morgan fingerprint density at radius 1 is 1.15 bits per heavy atom. The quantitative estimate of drug-likeness (QED) is 0.105. The molecule has 1 unspecified atom stereocenters. The molecule has 1 saturated heterocycles. The summed E-state index contributed by atoms with van der Waals surface area (Å²) in [6.45, 7) is 0. The molecular weight excluding hydrogens is 574 g/mol. The summed E-state index contributed by atoms with van der Waals surface area (Å²) in [5.41, 5.74) is 0.483. The molecular formula is C25H21N7O7S2. The lowest BCUT2D eigenvalue weighted by Crippen LogP contribution is -2.71. The second-order valence-electron chi connectivity index (χ2n) is 8.72. The lowest BCUT2D eigenvalue weighted by atomic mass is 10.0. The van der Waals surface area contributed by atoms with Crippen LogP contribution in [0.15, 0.2) is 76.2 Å². The molecule has 0 spiro atoms. The Morgan fingerprint density at radius 2 is 1.88 bits per heavy atom. The Kier molecular flexibility index (Phi) is 8.02. The first-order valence-corrected chi connectivity index (χ1v) is 14.0. The van der Waals surface area contributed by atoms with Gasteiger partial charge in [0.05, 0.1) is 5.56 Å². The highest BCUT2D eigenvalue weighted by atomic mass is 32.2. The summed E-state index contributed by atoms with van der Waals surface area (Å²) in [6.07, 6.45) is 0. The van der Waals surface area contributed by atoms with E-state index in [2.05, 4.69) is 26.0 Å². The number of carbonyl (C=O) groups excluding carboxylic acids is 3. The normalized spacial score (nSPS) is 18.4. The number of carboxylic acids is 1. The predicted molar refractivity (Wildman–Crippen MR) is 146 cm³/mol. The van der Waals surface area contributed by atoms with Crippen LogP contribution in [0.1, 0.15) is 15.9 Å². The third-order valence-electron chi connectivity index (χ3n) is 6.08. The van der Waals surface area contributed by atoms with Gasteiger partial charge in [-0.25, -0.2) is 14.3 Å². The molecule has 41 heavy (non-hydrogen) atoms. The van der Waals surface area contributed by atoms with Crippen molar-refractivity contribution in [1.29, 1.82) is 0 Å². The summed E-state index contributed by atoms with van der Waals surface area (Å²) in [7, 11) is 1.66. The van der Waals surface area contributed by atoms with Gasteiger partial charge in [0.15, 0.2) is 5.71 Å². The number of amides is 2. The van der Waals surface area contributed by atoms with Gasteiger partial charge in [0.25, 0.3) is 11.8 Å². The Bertz CT molecular complexity index is 1570. The van der Waals surface area contributed by atoms with Crippen LogP contribution in [-0.4, -0.2) is 87.7 Å². The molecule has 2 atom stereocenters. The van der Waals surface area contributed by atoms with Gasteiger partial charge in [-0.15, -0.1) is 16.9 Å². The molecule has 0 bridgehead atoms. The molecule has 3 aromatic rings. The molecule has 210 valence electrons. The Hall–Kier alpha value is -4.70. The number of tetrazole rings is 1. The van der Waals surface area contributed by atoms with Crippen molar-refractivity contribution in [3.8, 4) is 5.75 Å². The van der Waals surface area contributed by atoms with Crippen molar-refractivity contribution in [1.82, 2.24) is 30.4 Å². The minimum Gasteiger partial charge on any atom is -0.508 e. The van der Waals surface area contributed by atoms with Gasteiger partial charge in [-0.05, 0) is 52.4 Å².